The molecule has 5 aliphatic rings. The van der Waals surface area contributed by atoms with E-state index in [1.54, 1.807) is 30.3 Å². The van der Waals surface area contributed by atoms with E-state index in [1.165, 1.54) is 11.1 Å². The normalized spacial score (nSPS) is 24.9. The number of aromatic hydroxyl groups is 1. The summed E-state index contributed by atoms with van der Waals surface area (Å²) in [6.45, 7) is 8.89. The molecule has 4 aromatic rings. The second kappa shape index (κ2) is 15.8. The van der Waals surface area contributed by atoms with Gasteiger partial charge in [0.1, 0.15) is 42.3 Å². The van der Waals surface area contributed by atoms with Crippen molar-refractivity contribution < 1.29 is 33.8 Å². The number of carbonyl (C=O) groups excluding carboxylic acids is 4. The van der Waals surface area contributed by atoms with Gasteiger partial charge in [0.25, 0.3) is 11.8 Å². The fourth-order valence-electron chi connectivity index (χ4n) is 8.81. The number of imide groups is 2. The van der Waals surface area contributed by atoms with Gasteiger partial charge in [-0.05, 0) is 83.1 Å². The number of piperidine rings is 1. The van der Waals surface area contributed by atoms with Crippen LogP contribution in [0, 0.1) is 0 Å². The summed E-state index contributed by atoms with van der Waals surface area (Å²) in [6.07, 6.45) is 1.23. The molecule has 298 valence electrons. The van der Waals surface area contributed by atoms with Gasteiger partial charge in [-0.25, -0.2) is 10.0 Å². The number of phenols is 1. The first kappa shape index (κ1) is 37.7. The number of amides is 4. The highest BCUT2D eigenvalue weighted by Gasteiger charge is 2.56. The summed E-state index contributed by atoms with van der Waals surface area (Å²) in [5, 5.41) is 16.8. The van der Waals surface area contributed by atoms with Crippen LogP contribution in [0.4, 0.5) is 0 Å². The number of nitrogens with zero attached hydrogens (tertiary/aromatic N) is 5. The van der Waals surface area contributed by atoms with Gasteiger partial charge in [-0.2, -0.15) is 0 Å². The molecule has 4 saturated heterocycles. The number of phenolic OH excluding ortho intramolecular Hbond substituents is 1. The number of fused-ring (bicyclic) bond motifs is 2. The zero-order valence-electron chi connectivity index (χ0n) is 32.4. The van der Waals surface area contributed by atoms with Crippen molar-refractivity contribution in [1.82, 2.24) is 30.0 Å². The monoisotopic (exact) mass is 782 g/mol. The molecule has 0 saturated carbocycles. The van der Waals surface area contributed by atoms with Gasteiger partial charge >= 0.3 is 0 Å². The second-order valence-corrected chi connectivity index (χ2v) is 15.4. The third kappa shape index (κ3) is 7.37. The van der Waals surface area contributed by atoms with Crippen molar-refractivity contribution in [3.63, 3.8) is 0 Å². The van der Waals surface area contributed by atoms with E-state index >= 15 is 0 Å². The van der Waals surface area contributed by atoms with Crippen molar-refractivity contribution in [3.8, 4) is 17.2 Å². The van der Waals surface area contributed by atoms with Crippen molar-refractivity contribution in [2.45, 2.75) is 44.6 Å². The zero-order chi connectivity index (χ0) is 39.9. The summed E-state index contributed by atoms with van der Waals surface area (Å²) in [7, 11) is 0. The van der Waals surface area contributed by atoms with E-state index in [1.807, 2.05) is 30.3 Å². The summed E-state index contributed by atoms with van der Waals surface area (Å²) < 4.78 is 12.5. The Labute approximate surface area is 337 Å². The molecule has 0 spiro atoms. The third-order valence-corrected chi connectivity index (χ3v) is 11.8. The van der Waals surface area contributed by atoms with Crippen molar-refractivity contribution in [2.75, 3.05) is 52.4 Å². The fraction of sp³-hybridized carbons (Fsp3) is 0.333. The lowest BCUT2D eigenvalue weighted by atomic mass is 9.88. The number of hydrazine groups is 1. The standard InChI is InChI=1S/C45H46N6O7/c1-2-36(29-6-4-3-5-7-29)41(30-8-12-32(52)13-9-30)31-10-14-33(15-11-31)57-25-24-47-20-22-48(23-21-47)45-49-27-35(28-50(45)49)58-34-16-17-37-38(26-34)44(56)51(43(37)55)39-18-19-40(53)46-42(39)54/h3-17,26,35,39,45,52H,2,18-25,27-28H2,1H3,(H,46,53,54)/b41-36-. The molecule has 13 heteroatoms. The fourth-order valence-corrected chi connectivity index (χ4v) is 8.81. The van der Waals surface area contributed by atoms with E-state index in [0.29, 0.717) is 12.4 Å². The van der Waals surface area contributed by atoms with Crippen LogP contribution in [0.3, 0.4) is 0 Å². The minimum Gasteiger partial charge on any atom is -0.508 e. The van der Waals surface area contributed by atoms with Gasteiger partial charge in [-0.3, -0.25) is 39.2 Å². The highest BCUT2D eigenvalue weighted by molar-refractivity contribution is 6.23. The minimum absolute atomic E-state index is 0.0786. The Morgan fingerprint density at radius 1 is 0.759 bits per heavy atom. The first-order valence-corrected chi connectivity index (χ1v) is 20.1. The SMILES string of the molecule is CC/C(=C(\c1ccc(O)cc1)c1ccc(OCCN2CCN(C3N4CC(Oc5ccc6c(c5)C(=O)N(C5CCC(=O)NC5=O)C6=O)CN34)CC2)cc1)c1ccccc1. The molecule has 4 amide bonds. The molecule has 4 aromatic carbocycles. The Balaban J connectivity index is 0.734. The maximum Gasteiger partial charge on any atom is 0.262 e. The molecule has 2 N–H and O–H groups in total. The van der Waals surface area contributed by atoms with E-state index in [-0.39, 0.29) is 42.1 Å². The summed E-state index contributed by atoms with van der Waals surface area (Å²) in [5.41, 5.74) is 6.18. The Morgan fingerprint density at radius 2 is 1.41 bits per heavy atom. The number of allylic oxidation sites excluding steroid dienone is 1. The molecule has 0 aromatic heterocycles. The van der Waals surface area contributed by atoms with E-state index in [4.69, 9.17) is 9.47 Å². The van der Waals surface area contributed by atoms with Crippen molar-refractivity contribution in [3.05, 3.63) is 125 Å². The lowest BCUT2D eigenvalue weighted by Gasteiger charge is -2.34. The highest BCUT2D eigenvalue weighted by atomic mass is 16.5. The average molecular weight is 783 g/mol. The number of hydrogen-bond acceptors (Lipinski definition) is 11. The van der Waals surface area contributed by atoms with Crippen molar-refractivity contribution in [1.29, 1.82) is 0 Å². The van der Waals surface area contributed by atoms with Crippen LogP contribution in [0.2, 0.25) is 0 Å². The summed E-state index contributed by atoms with van der Waals surface area (Å²) in [4.78, 5) is 56.2. The Bertz CT molecular complexity index is 2240. The maximum absolute atomic E-state index is 13.2. The van der Waals surface area contributed by atoms with Crippen LogP contribution in [0.1, 0.15) is 63.6 Å². The summed E-state index contributed by atoms with van der Waals surface area (Å²) >= 11 is 0. The predicted molar refractivity (Wildman–Crippen MR) is 215 cm³/mol. The van der Waals surface area contributed by atoms with Gasteiger partial charge in [0.2, 0.25) is 11.8 Å². The van der Waals surface area contributed by atoms with Gasteiger partial charge < -0.3 is 14.6 Å². The van der Waals surface area contributed by atoms with Crippen molar-refractivity contribution in [2.24, 2.45) is 0 Å². The first-order chi connectivity index (χ1) is 28.2. The van der Waals surface area contributed by atoms with Crippen LogP contribution in [0.25, 0.3) is 11.1 Å². The second-order valence-electron chi connectivity index (χ2n) is 15.4. The number of nitrogens with one attached hydrogen (secondary N) is 1. The number of rotatable bonds is 12. The largest absolute Gasteiger partial charge is 0.508 e. The van der Waals surface area contributed by atoms with E-state index in [2.05, 4.69) is 68.5 Å². The van der Waals surface area contributed by atoms with Crippen molar-refractivity contribution >= 4 is 34.8 Å². The van der Waals surface area contributed by atoms with Gasteiger partial charge in [0.05, 0.1) is 24.2 Å². The first-order valence-electron chi connectivity index (χ1n) is 20.1. The quantitative estimate of drug-likeness (QED) is 0.120. The molecule has 3 atom stereocenters. The van der Waals surface area contributed by atoms with Crippen LogP contribution < -0.4 is 14.8 Å². The molecule has 0 aliphatic carbocycles. The lowest BCUT2D eigenvalue weighted by molar-refractivity contribution is -0.136. The highest BCUT2D eigenvalue weighted by Crippen LogP contribution is 2.38. The van der Waals surface area contributed by atoms with Gasteiger partial charge in [-0.1, -0.05) is 61.5 Å². The number of carbonyl (C=O) groups is 4. The summed E-state index contributed by atoms with van der Waals surface area (Å²) in [6, 6.07) is 30.1. The molecule has 3 unspecified atom stereocenters. The Hall–Kier alpha value is -5.86. The molecular weight excluding hydrogens is 737 g/mol. The molecule has 5 heterocycles. The molecule has 5 aliphatic heterocycles. The van der Waals surface area contributed by atoms with E-state index in [9.17, 15) is 24.3 Å². The van der Waals surface area contributed by atoms with Gasteiger partial charge in [0, 0.05) is 39.1 Å². The van der Waals surface area contributed by atoms with Crippen LogP contribution in [0.5, 0.6) is 17.2 Å². The maximum atomic E-state index is 13.2. The van der Waals surface area contributed by atoms with E-state index < -0.39 is 29.7 Å². The number of piperazine rings is 1. The van der Waals surface area contributed by atoms with Crippen LogP contribution in [0.15, 0.2) is 97.1 Å². The number of hydrogen-bond donors (Lipinski definition) is 2. The molecule has 58 heavy (non-hydrogen) atoms. The Morgan fingerprint density at radius 3 is 2.09 bits per heavy atom. The zero-order valence-corrected chi connectivity index (χ0v) is 32.4. The molecule has 0 bridgehead atoms. The minimum atomic E-state index is -0.996. The van der Waals surface area contributed by atoms with Crippen LogP contribution in [-0.4, -0.2) is 124 Å². The predicted octanol–water partition coefficient (Wildman–Crippen LogP) is 4.44. The Kier molecular flexibility index (Phi) is 10.3. The molecule has 9 rings (SSSR count). The van der Waals surface area contributed by atoms with Crippen LogP contribution >= 0.6 is 0 Å². The summed E-state index contributed by atoms with van der Waals surface area (Å²) in [5.74, 6) is -0.508. The molecule has 13 nitrogen and oxygen atoms in total. The van der Waals surface area contributed by atoms with Gasteiger partial charge in [-0.15, -0.1) is 0 Å². The third-order valence-electron chi connectivity index (χ3n) is 11.8. The smallest absolute Gasteiger partial charge is 0.262 e. The molecule has 4 fully saturated rings. The average Bonchev–Trinajstić information content (AvgIpc) is 3.63. The van der Waals surface area contributed by atoms with Gasteiger partial charge in [0.15, 0.2) is 0 Å². The topological polar surface area (TPSA) is 135 Å². The molecular formula is C45H46N6O7. The van der Waals surface area contributed by atoms with Crippen LogP contribution in [-0.2, 0) is 9.59 Å². The number of benzene rings is 4. The van der Waals surface area contributed by atoms with E-state index in [0.717, 1.165) is 79.6 Å². The lowest BCUT2D eigenvalue weighted by Crippen LogP contribution is -2.54. The molecule has 0 radical (unpaired) electrons. The number of ether oxygens (including phenoxy) is 2.